The van der Waals surface area contributed by atoms with Crippen molar-refractivity contribution < 1.29 is 4.79 Å². The number of amides is 1. The molecule has 0 radical (unpaired) electrons. The van der Waals surface area contributed by atoms with E-state index in [1.807, 2.05) is 35.9 Å². The van der Waals surface area contributed by atoms with E-state index in [0.29, 0.717) is 5.56 Å². The molecule has 0 saturated carbocycles. The third-order valence-corrected chi connectivity index (χ3v) is 5.28. The molecule has 0 bridgehead atoms. The van der Waals surface area contributed by atoms with Gasteiger partial charge in [-0.05, 0) is 69.4 Å². The van der Waals surface area contributed by atoms with Crippen LogP contribution in [-0.2, 0) is 6.42 Å². The number of benzene rings is 1. The van der Waals surface area contributed by atoms with Crippen LogP contribution in [0.1, 0.15) is 66.0 Å². The zero-order chi connectivity index (χ0) is 19.1. The van der Waals surface area contributed by atoms with Crippen molar-refractivity contribution in [2.24, 2.45) is 0 Å². The van der Waals surface area contributed by atoms with Crippen LogP contribution in [0.25, 0.3) is 11.0 Å². The van der Waals surface area contributed by atoms with Gasteiger partial charge in [-0.2, -0.15) is 5.10 Å². The second kappa shape index (κ2) is 6.68. The van der Waals surface area contributed by atoms with Gasteiger partial charge in [0.15, 0.2) is 5.65 Å². The average Bonchev–Trinajstić information content (AvgIpc) is 3.03. The molecule has 0 saturated heterocycles. The molecule has 140 valence electrons. The summed E-state index contributed by atoms with van der Waals surface area (Å²) in [5.41, 5.74) is 11.2. The maximum Gasteiger partial charge on any atom is 0.253 e. The Kier molecular flexibility index (Phi) is 4.34. The minimum absolute atomic E-state index is 0.00957. The molecule has 2 aromatic heterocycles. The number of nitrogen functional groups attached to an aromatic ring is 1. The Balaban J connectivity index is 1.64. The van der Waals surface area contributed by atoms with E-state index in [2.05, 4.69) is 29.2 Å². The van der Waals surface area contributed by atoms with E-state index in [4.69, 9.17) is 5.73 Å². The van der Waals surface area contributed by atoms with E-state index in [1.165, 1.54) is 11.1 Å². The molecule has 0 fully saturated rings. The summed E-state index contributed by atoms with van der Waals surface area (Å²) in [5, 5.41) is 8.49. The van der Waals surface area contributed by atoms with E-state index in [-0.39, 0.29) is 18.0 Å². The van der Waals surface area contributed by atoms with Crippen molar-refractivity contribution in [3.63, 3.8) is 0 Å². The number of carbonyl (C=O) groups excluding carboxylic acids is 1. The number of aryl methyl sites for hydroxylation is 2. The van der Waals surface area contributed by atoms with Crippen molar-refractivity contribution in [2.45, 2.75) is 52.1 Å². The average molecular weight is 363 g/mol. The number of rotatable bonds is 3. The predicted octanol–water partition coefficient (Wildman–Crippen LogP) is 3.71. The summed E-state index contributed by atoms with van der Waals surface area (Å²) in [6, 6.07) is 8.09. The number of fused-ring (bicyclic) bond motifs is 2. The molecular formula is C21H25N5O. The van der Waals surface area contributed by atoms with E-state index in [0.717, 1.165) is 41.7 Å². The Hall–Kier alpha value is -2.89. The maximum atomic E-state index is 13.0. The van der Waals surface area contributed by atoms with Crippen LogP contribution in [0.2, 0.25) is 0 Å². The second-order valence-corrected chi connectivity index (χ2v) is 7.59. The quantitative estimate of drug-likeness (QED) is 0.695. The van der Waals surface area contributed by atoms with Gasteiger partial charge in [-0.3, -0.25) is 4.79 Å². The molecule has 1 amide bonds. The van der Waals surface area contributed by atoms with Gasteiger partial charge < -0.3 is 11.1 Å². The van der Waals surface area contributed by atoms with E-state index >= 15 is 0 Å². The van der Waals surface area contributed by atoms with Crippen LogP contribution in [0.5, 0.6) is 0 Å². The monoisotopic (exact) mass is 363 g/mol. The Morgan fingerprint density at radius 1 is 1.33 bits per heavy atom. The molecule has 1 aliphatic rings. The van der Waals surface area contributed by atoms with Crippen molar-refractivity contribution in [3.8, 4) is 0 Å². The molecule has 2 heterocycles. The van der Waals surface area contributed by atoms with Gasteiger partial charge >= 0.3 is 0 Å². The highest BCUT2D eigenvalue weighted by atomic mass is 16.1. The lowest BCUT2D eigenvalue weighted by Crippen LogP contribution is -2.31. The molecule has 27 heavy (non-hydrogen) atoms. The summed E-state index contributed by atoms with van der Waals surface area (Å²) in [4.78, 5) is 17.6. The number of nitrogens with zero attached hydrogens (tertiary/aromatic N) is 3. The smallest absolute Gasteiger partial charge is 0.253 e. The Bertz CT molecular complexity index is 1020. The molecular weight excluding hydrogens is 338 g/mol. The van der Waals surface area contributed by atoms with Gasteiger partial charge in [0.1, 0.15) is 0 Å². The number of aromatic nitrogens is 3. The van der Waals surface area contributed by atoms with Gasteiger partial charge in [-0.15, -0.1) is 0 Å². The molecule has 1 aromatic carbocycles. The molecule has 1 unspecified atom stereocenters. The van der Waals surface area contributed by atoms with Gasteiger partial charge in [0.2, 0.25) is 0 Å². The van der Waals surface area contributed by atoms with Crippen LogP contribution in [-0.4, -0.2) is 20.7 Å². The fourth-order valence-corrected chi connectivity index (χ4v) is 3.89. The maximum absolute atomic E-state index is 13.0. The van der Waals surface area contributed by atoms with Crippen LogP contribution in [0.4, 0.5) is 5.69 Å². The summed E-state index contributed by atoms with van der Waals surface area (Å²) in [6.07, 6.45) is 4.76. The largest absolute Gasteiger partial charge is 0.399 e. The third kappa shape index (κ3) is 3.16. The number of hydrogen-bond acceptors (Lipinski definition) is 4. The molecule has 6 nitrogen and oxygen atoms in total. The number of pyridine rings is 1. The molecule has 0 spiro atoms. The lowest BCUT2D eigenvalue weighted by molar-refractivity contribution is 0.0932. The fourth-order valence-electron chi connectivity index (χ4n) is 3.89. The van der Waals surface area contributed by atoms with Crippen LogP contribution in [0.15, 0.2) is 30.5 Å². The van der Waals surface area contributed by atoms with E-state index in [9.17, 15) is 4.79 Å². The summed E-state index contributed by atoms with van der Waals surface area (Å²) < 4.78 is 1.88. The molecule has 6 heteroatoms. The first-order valence-corrected chi connectivity index (χ1v) is 9.48. The zero-order valence-corrected chi connectivity index (χ0v) is 16.0. The molecule has 3 aromatic rings. The lowest BCUT2D eigenvalue weighted by Gasteiger charge is -2.27. The fraction of sp³-hybridized carbons (Fsp3) is 0.381. The number of nitrogens with one attached hydrogen (secondary N) is 1. The normalized spacial score (nSPS) is 16.5. The first-order chi connectivity index (χ1) is 12.9. The number of hydrogen-bond donors (Lipinski definition) is 2. The molecule has 1 aliphatic carbocycles. The molecule has 3 N–H and O–H groups in total. The summed E-state index contributed by atoms with van der Waals surface area (Å²) in [5.74, 6) is -0.0890. The van der Waals surface area contributed by atoms with E-state index < -0.39 is 0 Å². The zero-order valence-electron chi connectivity index (χ0n) is 16.0. The van der Waals surface area contributed by atoms with E-state index in [1.54, 1.807) is 6.20 Å². The molecule has 4 rings (SSSR count). The number of anilines is 1. The lowest BCUT2D eigenvalue weighted by atomic mass is 9.87. The SMILES string of the molecule is Cc1nc2c(cnn2C(C)C)cc1C(=O)NC1CCCc2cc(N)ccc21. The first kappa shape index (κ1) is 17.5. The van der Waals surface area contributed by atoms with Crippen LogP contribution < -0.4 is 11.1 Å². The first-order valence-electron chi connectivity index (χ1n) is 9.48. The Morgan fingerprint density at radius 3 is 2.93 bits per heavy atom. The number of carbonyl (C=O) groups is 1. The topological polar surface area (TPSA) is 85.8 Å². The predicted molar refractivity (Wildman–Crippen MR) is 107 cm³/mol. The van der Waals surface area contributed by atoms with Gasteiger partial charge in [0.05, 0.1) is 23.5 Å². The van der Waals surface area contributed by atoms with Crippen molar-refractivity contribution in [1.82, 2.24) is 20.1 Å². The van der Waals surface area contributed by atoms with Gasteiger partial charge in [-0.1, -0.05) is 6.07 Å². The third-order valence-electron chi connectivity index (χ3n) is 5.28. The second-order valence-electron chi connectivity index (χ2n) is 7.59. The highest BCUT2D eigenvalue weighted by Gasteiger charge is 2.24. The summed E-state index contributed by atoms with van der Waals surface area (Å²) in [7, 11) is 0. The van der Waals surface area contributed by atoms with Gasteiger partial charge in [-0.25, -0.2) is 9.67 Å². The highest BCUT2D eigenvalue weighted by molar-refractivity contribution is 5.98. The molecule has 0 aliphatic heterocycles. The van der Waals surface area contributed by atoms with Gasteiger partial charge in [0, 0.05) is 17.1 Å². The van der Waals surface area contributed by atoms with Crippen molar-refractivity contribution in [3.05, 3.63) is 52.8 Å². The number of nitrogens with two attached hydrogens (primary N) is 1. The van der Waals surface area contributed by atoms with Crippen molar-refractivity contribution >= 4 is 22.6 Å². The highest BCUT2D eigenvalue weighted by Crippen LogP contribution is 2.31. The van der Waals surface area contributed by atoms with Crippen LogP contribution in [0.3, 0.4) is 0 Å². The van der Waals surface area contributed by atoms with Crippen LogP contribution >= 0.6 is 0 Å². The summed E-state index contributed by atoms with van der Waals surface area (Å²) >= 11 is 0. The minimum atomic E-state index is -0.0890. The standard InChI is InChI=1S/C21H25N5O/c1-12(2)26-20-15(11-23-26)10-18(13(3)24-20)21(27)25-19-6-4-5-14-9-16(22)7-8-17(14)19/h7-12,19H,4-6,22H2,1-3H3,(H,25,27). The van der Waals surface area contributed by atoms with Crippen molar-refractivity contribution in [1.29, 1.82) is 0 Å². The van der Waals surface area contributed by atoms with Crippen LogP contribution in [0, 0.1) is 6.92 Å². The van der Waals surface area contributed by atoms with Crippen molar-refractivity contribution in [2.75, 3.05) is 5.73 Å². The Labute approximate surface area is 158 Å². The Morgan fingerprint density at radius 2 is 2.15 bits per heavy atom. The minimum Gasteiger partial charge on any atom is -0.399 e. The summed E-state index contributed by atoms with van der Waals surface area (Å²) in [6.45, 7) is 6.01. The van der Waals surface area contributed by atoms with Gasteiger partial charge in [0.25, 0.3) is 5.91 Å². The molecule has 1 atom stereocenters.